The van der Waals surface area contributed by atoms with Crippen LogP contribution < -0.4 is 0 Å². The van der Waals surface area contributed by atoms with Crippen molar-refractivity contribution in [2.75, 3.05) is 13.2 Å². The van der Waals surface area contributed by atoms with Crippen molar-refractivity contribution in [1.29, 1.82) is 0 Å². The van der Waals surface area contributed by atoms with Crippen LogP contribution in [0.5, 0.6) is 0 Å². The highest BCUT2D eigenvalue weighted by Crippen LogP contribution is 2.25. The van der Waals surface area contributed by atoms with Gasteiger partial charge in [-0.3, -0.25) is 0 Å². The van der Waals surface area contributed by atoms with Crippen molar-refractivity contribution >= 4 is 0 Å². The molecule has 82 valence electrons. The summed E-state index contributed by atoms with van der Waals surface area (Å²) in [6.45, 7) is -0.0152. The molecular weight excluding hydrogens is 196 g/mol. The van der Waals surface area contributed by atoms with Crippen LogP contribution in [0.25, 0.3) is 0 Å². The lowest BCUT2D eigenvalue weighted by Crippen LogP contribution is -2.42. The molecule has 1 saturated heterocycles. The lowest BCUT2D eigenvalue weighted by Gasteiger charge is -2.33. The summed E-state index contributed by atoms with van der Waals surface area (Å²) in [5.74, 6) is 0. The van der Waals surface area contributed by atoms with Crippen molar-refractivity contribution in [3.63, 3.8) is 0 Å². The second kappa shape index (κ2) is 4.72. The van der Waals surface area contributed by atoms with Crippen LogP contribution in [0.1, 0.15) is 11.9 Å². The Morgan fingerprint density at radius 3 is 2.67 bits per heavy atom. The molecule has 0 bridgehead atoms. The third-order valence-electron chi connectivity index (χ3n) is 2.40. The Bertz CT molecular complexity index is 301. The van der Waals surface area contributed by atoms with Gasteiger partial charge in [-0.25, -0.2) is 0 Å². The highest BCUT2D eigenvalue weighted by Gasteiger charge is 2.30. The molecule has 0 spiro atoms. The molecule has 1 unspecified atom stereocenters. The molecule has 2 rings (SSSR count). The van der Waals surface area contributed by atoms with Crippen LogP contribution in [0.15, 0.2) is 30.3 Å². The zero-order valence-corrected chi connectivity index (χ0v) is 8.24. The second-order valence-corrected chi connectivity index (χ2v) is 3.50. The minimum atomic E-state index is -0.755. The Morgan fingerprint density at radius 2 is 2.00 bits per heavy atom. The Hall–Kier alpha value is -0.940. The molecule has 1 aromatic carbocycles. The summed E-state index contributed by atoms with van der Waals surface area (Å²) in [7, 11) is 0. The van der Waals surface area contributed by atoms with E-state index in [0.717, 1.165) is 5.56 Å². The molecular formula is C11H14O4. The van der Waals surface area contributed by atoms with Crippen LogP contribution in [0.3, 0.4) is 0 Å². The number of aliphatic hydroxyl groups is 2. The minimum Gasteiger partial charge on any atom is -0.394 e. The van der Waals surface area contributed by atoms with Gasteiger partial charge in [-0.05, 0) is 0 Å². The molecule has 3 atom stereocenters. The fourth-order valence-corrected chi connectivity index (χ4v) is 1.53. The van der Waals surface area contributed by atoms with Crippen molar-refractivity contribution in [3.8, 4) is 0 Å². The number of ether oxygens (including phenoxy) is 2. The fraction of sp³-hybridized carbons (Fsp3) is 0.455. The number of rotatable bonds is 2. The van der Waals surface area contributed by atoms with Crippen LogP contribution in [-0.2, 0) is 9.47 Å². The standard InChI is InChI=1S/C11H14O4/c12-6-10-9(13)7-14-11(15-10)8-4-2-1-3-5-8/h1-5,9-13H,6-7H2/t9-,10+,11?/m1/s1. The summed E-state index contributed by atoms with van der Waals surface area (Å²) >= 11 is 0. The molecule has 1 heterocycles. The SMILES string of the molecule is OC[C@@H]1OC(c2ccccc2)OC[C@H]1O. The zero-order chi connectivity index (χ0) is 10.7. The lowest BCUT2D eigenvalue weighted by atomic mass is 10.1. The van der Waals surface area contributed by atoms with Crippen molar-refractivity contribution in [1.82, 2.24) is 0 Å². The molecule has 2 N–H and O–H groups in total. The van der Waals surface area contributed by atoms with Gasteiger partial charge in [0.25, 0.3) is 0 Å². The molecule has 1 aliphatic heterocycles. The quantitative estimate of drug-likeness (QED) is 0.744. The van der Waals surface area contributed by atoms with Crippen LogP contribution in [0.4, 0.5) is 0 Å². The fourth-order valence-electron chi connectivity index (χ4n) is 1.53. The molecule has 0 radical (unpaired) electrons. The van der Waals surface area contributed by atoms with E-state index in [9.17, 15) is 5.11 Å². The van der Waals surface area contributed by atoms with Gasteiger partial charge in [-0.15, -0.1) is 0 Å². The lowest BCUT2D eigenvalue weighted by molar-refractivity contribution is -0.263. The molecule has 0 aromatic heterocycles. The molecule has 0 amide bonds. The summed E-state index contributed by atoms with van der Waals surface area (Å²) in [5, 5.41) is 18.4. The molecule has 1 aliphatic rings. The summed E-state index contributed by atoms with van der Waals surface area (Å²) in [6.07, 6.45) is -1.81. The van der Waals surface area contributed by atoms with Crippen molar-refractivity contribution in [2.45, 2.75) is 18.5 Å². The van der Waals surface area contributed by atoms with Crippen molar-refractivity contribution < 1.29 is 19.7 Å². The zero-order valence-electron chi connectivity index (χ0n) is 8.24. The van der Waals surface area contributed by atoms with Gasteiger partial charge in [0, 0.05) is 5.56 Å². The van der Waals surface area contributed by atoms with E-state index in [-0.39, 0.29) is 13.2 Å². The van der Waals surface area contributed by atoms with Crippen molar-refractivity contribution in [2.24, 2.45) is 0 Å². The normalized spacial score (nSPS) is 31.5. The molecule has 15 heavy (non-hydrogen) atoms. The molecule has 0 saturated carbocycles. The van der Waals surface area contributed by atoms with E-state index in [2.05, 4.69) is 0 Å². The van der Waals surface area contributed by atoms with Gasteiger partial charge in [0.05, 0.1) is 13.2 Å². The third kappa shape index (κ3) is 2.35. The number of aliphatic hydroxyl groups excluding tert-OH is 2. The van der Waals surface area contributed by atoms with Crippen LogP contribution in [-0.4, -0.2) is 35.6 Å². The van der Waals surface area contributed by atoms with Gasteiger partial charge in [0.1, 0.15) is 12.2 Å². The average Bonchev–Trinajstić information content (AvgIpc) is 2.31. The van der Waals surface area contributed by atoms with E-state index in [4.69, 9.17) is 14.6 Å². The van der Waals surface area contributed by atoms with E-state index in [1.165, 1.54) is 0 Å². The number of hydrogen-bond acceptors (Lipinski definition) is 4. The van der Waals surface area contributed by atoms with Crippen LogP contribution in [0, 0.1) is 0 Å². The van der Waals surface area contributed by atoms with E-state index >= 15 is 0 Å². The van der Waals surface area contributed by atoms with E-state index in [1.807, 2.05) is 30.3 Å². The third-order valence-corrected chi connectivity index (χ3v) is 2.40. The molecule has 4 nitrogen and oxygen atoms in total. The predicted octanol–water partition coefficient (Wildman–Crippen LogP) is 0.454. The number of benzene rings is 1. The topological polar surface area (TPSA) is 58.9 Å². The van der Waals surface area contributed by atoms with Crippen molar-refractivity contribution in [3.05, 3.63) is 35.9 Å². The highest BCUT2D eigenvalue weighted by atomic mass is 16.7. The van der Waals surface area contributed by atoms with Gasteiger partial charge in [0.2, 0.25) is 0 Å². The van der Waals surface area contributed by atoms with E-state index in [1.54, 1.807) is 0 Å². The van der Waals surface area contributed by atoms with Gasteiger partial charge in [-0.2, -0.15) is 0 Å². The first kappa shape index (κ1) is 10.6. The van der Waals surface area contributed by atoms with Gasteiger partial charge < -0.3 is 19.7 Å². The second-order valence-electron chi connectivity index (χ2n) is 3.50. The molecule has 1 fully saturated rings. The smallest absolute Gasteiger partial charge is 0.184 e. The Morgan fingerprint density at radius 1 is 1.27 bits per heavy atom. The monoisotopic (exact) mass is 210 g/mol. The summed E-state index contributed by atoms with van der Waals surface area (Å²) in [6, 6.07) is 9.46. The Labute approximate surface area is 88.1 Å². The summed E-state index contributed by atoms with van der Waals surface area (Å²) < 4.78 is 10.7. The largest absolute Gasteiger partial charge is 0.394 e. The molecule has 1 aromatic rings. The Kier molecular flexibility index (Phi) is 3.33. The minimum absolute atomic E-state index is 0.185. The molecule has 4 heteroatoms. The van der Waals surface area contributed by atoms with Crippen LogP contribution in [0.2, 0.25) is 0 Å². The average molecular weight is 210 g/mol. The Balaban J connectivity index is 2.06. The predicted molar refractivity (Wildman–Crippen MR) is 53.1 cm³/mol. The first-order valence-corrected chi connectivity index (χ1v) is 4.92. The van der Waals surface area contributed by atoms with Gasteiger partial charge >= 0.3 is 0 Å². The van der Waals surface area contributed by atoms with E-state index in [0.29, 0.717) is 0 Å². The summed E-state index contributed by atoms with van der Waals surface area (Å²) in [4.78, 5) is 0. The molecule has 0 aliphatic carbocycles. The first-order chi connectivity index (χ1) is 7.31. The van der Waals surface area contributed by atoms with E-state index < -0.39 is 18.5 Å². The highest BCUT2D eigenvalue weighted by molar-refractivity contribution is 5.16. The maximum absolute atomic E-state index is 9.42. The number of hydrogen-bond donors (Lipinski definition) is 2. The van der Waals surface area contributed by atoms with Crippen LogP contribution >= 0.6 is 0 Å². The maximum Gasteiger partial charge on any atom is 0.184 e. The first-order valence-electron chi connectivity index (χ1n) is 4.92. The van der Waals surface area contributed by atoms with Gasteiger partial charge in [-0.1, -0.05) is 30.3 Å². The maximum atomic E-state index is 9.42. The summed E-state index contributed by atoms with van der Waals surface area (Å²) in [5.41, 5.74) is 0.892. The van der Waals surface area contributed by atoms with Gasteiger partial charge in [0.15, 0.2) is 6.29 Å².